The fourth-order valence-corrected chi connectivity index (χ4v) is 6.43. The van der Waals surface area contributed by atoms with E-state index < -0.39 is 6.23 Å². The van der Waals surface area contributed by atoms with Crippen LogP contribution in [-0.2, 0) is 16.1 Å². The van der Waals surface area contributed by atoms with Crippen LogP contribution in [0.25, 0.3) is 5.57 Å². The molecule has 5 rings (SSSR count). The molecule has 0 aromatic heterocycles. The quantitative estimate of drug-likeness (QED) is 0.346. The van der Waals surface area contributed by atoms with Crippen LogP contribution in [0.15, 0.2) is 53.0 Å². The zero-order valence-corrected chi connectivity index (χ0v) is 26.4. The SMILES string of the molecule is COc1cc(C2=c3c(cc(OC)c(OC)c3=C=O)C(=O)N(N3CCN(Cc4ccccc4)CC3)C2OC)cc(Br)c1OC. The predicted octanol–water partition coefficient (Wildman–Crippen LogP) is 2.35. The molecule has 3 aromatic rings. The summed E-state index contributed by atoms with van der Waals surface area (Å²) in [6.45, 7) is 3.51. The molecule has 1 amide bonds. The first-order valence-electron chi connectivity index (χ1n) is 13.7. The minimum absolute atomic E-state index is 0.0699. The predicted molar refractivity (Wildman–Crippen MR) is 164 cm³/mol. The second-order valence-corrected chi connectivity index (χ2v) is 10.9. The maximum atomic E-state index is 14.4. The van der Waals surface area contributed by atoms with Gasteiger partial charge in [-0.1, -0.05) is 30.3 Å². The van der Waals surface area contributed by atoms with E-state index in [2.05, 4.69) is 33.0 Å². The van der Waals surface area contributed by atoms with Gasteiger partial charge in [0.25, 0.3) is 5.91 Å². The van der Waals surface area contributed by atoms with E-state index in [1.807, 2.05) is 35.2 Å². The van der Waals surface area contributed by atoms with Gasteiger partial charge >= 0.3 is 0 Å². The Morgan fingerprint density at radius 1 is 0.860 bits per heavy atom. The monoisotopic (exact) mass is 651 g/mol. The smallest absolute Gasteiger partial charge is 0.271 e. The molecule has 1 atom stereocenters. The largest absolute Gasteiger partial charge is 0.493 e. The summed E-state index contributed by atoms with van der Waals surface area (Å²) < 4.78 is 29.0. The second kappa shape index (κ2) is 13.2. The minimum Gasteiger partial charge on any atom is -0.493 e. The molecular weight excluding hydrogens is 618 g/mol. The number of amides is 1. The van der Waals surface area contributed by atoms with Crippen molar-refractivity contribution >= 4 is 33.4 Å². The zero-order chi connectivity index (χ0) is 30.7. The maximum Gasteiger partial charge on any atom is 0.271 e. The Bertz CT molecular complexity index is 1650. The minimum atomic E-state index is -0.879. The van der Waals surface area contributed by atoms with Gasteiger partial charge in [0.1, 0.15) is 11.2 Å². The number of piperazine rings is 1. The van der Waals surface area contributed by atoms with Crippen LogP contribution in [0.4, 0.5) is 0 Å². The molecule has 1 fully saturated rings. The third-order valence-electron chi connectivity index (χ3n) is 7.82. The van der Waals surface area contributed by atoms with Crippen molar-refractivity contribution in [2.45, 2.75) is 12.8 Å². The van der Waals surface area contributed by atoms with E-state index in [0.717, 1.165) is 19.6 Å². The van der Waals surface area contributed by atoms with Gasteiger partial charge in [0.05, 0.1) is 38.5 Å². The highest BCUT2D eigenvalue weighted by molar-refractivity contribution is 9.10. The lowest BCUT2D eigenvalue weighted by Gasteiger charge is -2.46. The molecule has 2 aliphatic heterocycles. The summed E-state index contributed by atoms with van der Waals surface area (Å²) in [5, 5.41) is 4.09. The van der Waals surface area contributed by atoms with Crippen LogP contribution < -0.4 is 29.4 Å². The summed E-state index contributed by atoms with van der Waals surface area (Å²) >= 11 is 3.59. The molecule has 10 nitrogen and oxygen atoms in total. The number of halogens is 1. The van der Waals surface area contributed by atoms with Gasteiger partial charge in [0.2, 0.25) is 0 Å². The average Bonchev–Trinajstić information content (AvgIpc) is 3.04. The molecule has 0 aliphatic carbocycles. The van der Waals surface area contributed by atoms with Crippen molar-refractivity contribution in [3.63, 3.8) is 0 Å². The normalized spacial score (nSPS) is 17.3. The van der Waals surface area contributed by atoms with Gasteiger partial charge in [-0.3, -0.25) is 9.69 Å². The molecule has 2 heterocycles. The molecule has 0 radical (unpaired) electrons. The van der Waals surface area contributed by atoms with Gasteiger partial charge < -0.3 is 23.7 Å². The van der Waals surface area contributed by atoms with E-state index in [-0.39, 0.29) is 28.2 Å². The van der Waals surface area contributed by atoms with Crippen LogP contribution in [0.1, 0.15) is 21.5 Å². The Morgan fingerprint density at radius 2 is 1.51 bits per heavy atom. The number of benzene rings is 3. The van der Waals surface area contributed by atoms with Gasteiger partial charge in [-0.25, -0.2) is 14.8 Å². The molecule has 3 aromatic carbocycles. The van der Waals surface area contributed by atoms with Crippen molar-refractivity contribution in [2.24, 2.45) is 0 Å². The average molecular weight is 653 g/mol. The number of ether oxygens (including phenoxy) is 5. The Balaban J connectivity index is 1.67. The highest BCUT2D eigenvalue weighted by Gasteiger charge is 2.41. The molecule has 2 aliphatic rings. The summed E-state index contributed by atoms with van der Waals surface area (Å²) in [5.41, 5.74) is 2.74. The van der Waals surface area contributed by atoms with E-state index in [4.69, 9.17) is 23.7 Å². The standard InChI is InChI=1S/C32H34BrN3O7/c1-39-25-16-21(15-24(33)30(25)42-4)27-28-22(17-26(40-2)29(41-3)23(28)19-37)31(38)36(32(27)43-5)35-13-11-34(12-14-35)18-20-9-7-6-8-10-20/h6-10,15-17,32H,11-14,18H2,1-5H3. The summed E-state index contributed by atoms with van der Waals surface area (Å²) in [6, 6.07) is 15.6. The van der Waals surface area contributed by atoms with E-state index in [9.17, 15) is 9.59 Å². The first kappa shape index (κ1) is 30.6. The van der Waals surface area contributed by atoms with Crippen LogP contribution in [0.3, 0.4) is 0 Å². The lowest BCUT2D eigenvalue weighted by molar-refractivity contribution is -0.116. The molecule has 1 saturated heterocycles. The number of hydrogen-bond acceptors (Lipinski definition) is 9. The van der Waals surface area contributed by atoms with Gasteiger partial charge in [-0.05, 0) is 45.3 Å². The van der Waals surface area contributed by atoms with Gasteiger partial charge in [-0.2, -0.15) is 0 Å². The van der Waals surface area contributed by atoms with Crippen LogP contribution in [0.2, 0.25) is 0 Å². The number of methoxy groups -OCH3 is 5. The lowest BCUT2D eigenvalue weighted by atomic mass is 9.92. The van der Waals surface area contributed by atoms with Crippen LogP contribution in [-0.4, -0.2) is 94.7 Å². The second-order valence-electron chi connectivity index (χ2n) is 10.1. The van der Waals surface area contributed by atoms with E-state index in [0.29, 0.717) is 45.4 Å². The highest BCUT2D eigenvalue weighted by Crippen LogP contribution is 2.40. The Morgan fingerprint density at radius 3 is 2.09 bits per heavy atom. The number of hydrazine groups is 1. The third kappa shape index (κ3) is 5.62. The van der Waals surface area contributed by atoms with E-state index >= 15 is 0 Å². The molecule has 0 bridgehead atoms. The van der Waals surface area contributed by atoms with Crippen molar-refractivity contribution < 1.29 is 33.3 Å². The van der Waals surface area contributed by atoms with Crippen molar-refractivity contribution in [1.82, 2.24) is 14.9 Å². The number of carbonyl (C=O) groups excluding carboxylic acids is 2. The molecular formula is C32H34BrN3O7. The molecule has 0 N–H and O–H groups in total. The molecule has 0 saturated carbocycles. The van der Waals surface area contributed by atoms with Crippen LogP contribution in [0, 0.1) is 0 Å². The van der Waals surface area contributed by atoms with Crippen LogP contribution in [0.5, 0.6) is 23.0 Å². The topological polar surface area (TPSA) is 90.0 Å². The number of rotatable bonds is 9. The highest BCUT2D eigenvalue weighted by atomic mass is 79.9. The van der Waals surface area contributed by atoms with Gasteiger partial charge in [0.15, 0.2) is 29.2 Å². The summed E-state index contributed by atoms with van der Waals surface area (Å²) in [7, 11) is 7.55. The number of carbonyl (C=O) groups is 1. The number of fused-ring (bicyclic) bond motifs is 1. The molecule has 11 heteroatoms. The Kier molecular flexibility index (Phi) is 9.39. The Hall–Kier alpha value is -3.86. The third-order valence-corrected chi connectivity index (χ3v) is 8.41. The zero-order valence-electron chi connectivity index (χ0n) is 24.8. The molecule has 1 unspecified atom stereocenters. The molecule has 43 heavy (non-hydrogen) atoms. The van der Waals surface area contributed by atoms with Crippen LogP contribution >= 0.6 is 15.9 Å². The van der Waals surface area contributed by atoms with Gasteiger partial charge in [0, 0.05) is 50.6 Å². The first-order valence-corrected chi connectivity index (χ1v) is 14.5. The Labute approximate surface area is 258 Å². The summed E-state index contributed by atoms with van der Waals surface area (Å²) in [6.07, 6.45) is -0.879. The lowest BCUT2D eigenvalue weighted by Crippen LogP contribution is -2.63. The van der Waals surface area contributed by atoms with E-state index in [1.165, 1.54) is 19.8 Å². The first-order chi connectivity index (χ1) is 20.9. The van der Waals surface area contributed by atoms with Crippen molar-refractivity contribution in [1.29, 1.82) is 0 Å². The van der Waals surface area contributed by atoms with Gasteiger partial charge in [-0.15, -0.1) is 0 Å². The van der Waals surface area contributed by atoms with Crippen molar-refractivity contribution in [3.05, 3.63) is 80.1 Å². The molecule has 226 valence electrons. The van der Waals surface area contributed by atoms with Crippen molar-refractivity contribution in [2.75, 3.05) is 61.7 Å². The summed E-state index contributed by atoms with van der Waals surface area (Å²) in [5.74, 6) is 3.10. The van der Waals surface area contributed by atoms with Crippen molar-refractivity contribution in [3.8, 4) is 23.0 Å². The maximum absolute atomic E-state index is 14.4. The fraction of sp³-hybridized carbons (Fsp3) is 0.344. The number of nitrogens with zero attached hydrogens (tertiary/aromatic N) is 3. The fourth-order valence-electron chi connectivity index (χ4n) is 5.82. The summed E-state index contributed by atoms with van der Waals surface area (Å²) in [4.78, 5) is 29.3. The number of hydrogen-bond donors (Lipinski definition) is 0. The van der Waals surface area contributed by atoms with E-state index in [1.54, 1.807) is 38.5 Å². The molecule has 0 spiro atoms.